The van der Waals surface area contributed by atoms with Crippen LogP contribution in [-0.2, 0) is 6.54 Å². The first-order chi connectivity index (χ1) is 15.6. The van der Waals surface area contributed by atoms with Gasteiger partial charge in [0.2, 0.25) is 0 Å². The van der Waals surface area contributed by atoms with Crippen molar-refractivity contribution in [3.8, 4) is 6.07 Å². The Balaban J connectivity index is 1.41. The molecular weight excluding hydrogens is 424 g/mol. The van der Waals surface area contributed by atoms with Crippen LogP contribution in [0.2, 0.25) is 0 Å². The second-order valence-electron chi connectivity index (χ2n) is 7.65. The minimum absolute atomic E-state index is 0.196. The Labute approximate surface area is 190 Å². The van der Waals surface area contributed by atoms with Gasteiger partial charge in [0.05, 0.1) is 24.9 Å². The van der Waals surface area contributed by atoms with Crippen LogP contribution in [0, 0.1) is 18.3 Å². The fraction of sp³-hybridized carbons (Fsp3) is 0.364. The molecule has 9 nitrogen and oxygen atoms in total. The minimum atomic E-state index is -0.251. The number of hydrogen-bond donors (Lipinski definition) is 2. The Bertz CT molecular complexity index is 1110. The minimum Gasteiger partial charge on any atom is -0.345 e. The van der Waals surface area contributed by atoms with E-state index >= 15 is 0 Å². The van der Waals surface area contributed by atoms with E-state index in [2.05, 4.69) is 36.6 Å². The summed E-state index contributed by atoms with van der Waals surface area (Å²) in [7, 11) is 0. The maximum absolute atomic E-state index is 12.4. The van der Waals surface area contributed by atoms with Crippen LogP contribution >= 0.6 is 11.3 Å². The summed E-state index contributed by atoms with van der Waals surface area (Å²) in [5, 5.41) is 17.3. The standard InChI is InChI=1S/C22H24N8OS/c1-15-11-19(28-20(26-15)16-5-4-9-30(13-16)10-7-23)29-22-27-18(14-32-22)21(31)25-12-17-6-2-3-8-24-17/h2-3,6,8,11,14,16H,4-5,9-10,12-13H2,1H3,(H,25,31)(H,26,27,28,29)/t16-/m0/s1. The van der Waals surface area contributed by atoms with Gasteiger partial charge in [-0.1, -0.05) is 6.07 Å². The molecule has 0 spiro atoms. The summed E-state index contributed by atoms with van der Waals surface area (Å²) in [5.74, 6) is 1.38. The third-order valence-corrected chi connectivity index (χ3v) is 5.92. The normalized spacial score (nSPS) is 16.3. The Kier molecular flexibility index (Phi) is 6.99. The van der Waals surface area contributed by atoms with Crippen molar-refractivity contribution in [3.63, 3.8) is 0 Å². The average molecular weight is 449 g/mol. The van der Waals surface area contributed by atoms with Gasteiger partial charge in [0.15, 0.2) is 5.13 Å². The number of anilines is 2. The summed E-state index contributed by atoms with van der Waals surface area (Å²) in [5.41, 5.74) is 1.99. The highest BCUT2D eigenvalue weighted by Gasteiger charge is 2.24. The van der Waals surface area contributed by atoms with Gasteiger partial charge in [0.25, 0.3) is 5.91 Å². The first-order valence-corrected chi connectivity index (χ1v) is 11.3. The molecule has 0 unspecified atom stereocenters. The van der Waals surface area contributed by atoms with E-state index in [0.717, 1.165) is 43.1 Å². The van der Waals surface area contributed by atoms with Crippen molar-refractivity contribution in [2.45, 2.75) is 32.2 Å². The molecule has 0 saturated carbocycles. The van der Waals surface area contributed by atoms with Crippen LogP contribution in [0.5, 0.6) is 0 Å². The number of aromatic nitrogens is 4. The number of nitrogens with zero attached hydrogens (tertiary/aromatic N) is 6. The van der Waals surface area contributed by atoms with E-state index in [1.165, 1.54) is 11.3 Å². The molecule has 2 N–H and O–H groups in total. The van der Waals surface area contributed by atoms with Gasteiger partial charge in [-0.2, -0.15) is 5.26 Å². The Hall–Kier alpha value is -3.42. The number of hydrogen-bond acceptors (Lipinski definition) is 9. The van der Waals surface area contributed by atoms with Crippen LogP contribution < -0.4 is 10.6 Å². The lowest BCUT2D eigenvalue weighted by atomic mass is 9.97. The lowest BCUT2D eigenvalue weighted by Gasteiger charge is -2.30. The molecule has 32 heavy (non-hydrogen) atoms. The molecule has 4 heterocycles. The van der Waals surface area contributed by atoms with Crippen LogP contribution in [0.3, 0.4) is 0 Å². The third kappa shape index (κ3) is 5.63. The SMILES string of the molecule is Cc1cc(Nc2nc(C(=O)NCc3ccccn3)cs2)nc([C@H]2CCCN(CC#N)C2)n1. The number of nitrogens with one attached hydrogen (secondary N) is 2. The predicted molar refractivity (Wildman–Crippen MR) is 122 cm³/mol. The molecule has 3 aromatic heterocycles. The number of piperidine rings is 1. The molecule has 3 aromatic rings. The number of nitriles is 1. The summed E-state index contributed by atoms with van der Waals surface area (Å²) in [6, 6.07) is 9.66. The van der Waals surface area contributed by atoms with E-state index in [1.54, 1.807) is 11.6 Å². The van der Waals surface area contributed by atoms with Crippen molar-refractivity contribution < 1.29 is 4.79 Å². The van der Waals surface area contributed by atoms with Gasteiger partial charge in [-0.3, -0.25) is 14.7 Å². The molecule has 0 aromatic carbocycles. The Morgan fingerprint density at radius 3 is 3.06 bits per heavy atom. The topological polar surface area (TPSA) is 120 Å². The zero-order valence-corrected chi connectivity index (χ0v) is 18.6. The lowest BCUT2D eigenvalue weighted by Crippen LogP contribution is -2.35. The van der Waals surface area contributed by atoms with Crippen LogP contribution in [0.25, 0.3) is 0 Å². The smallest absolute Gasteiger partial charge is 0.271 e. The lowest BCUT2D eigenvalue weighted by molar-refractivity contribution is 0.0946. The van der Waals surface area contributed by atoms with E-state index in [-0.39, 0.29) is 11.8 Å². The van der Waals surface area contributed by atoms with Crippen LogP contribution in [0.1, 0.15) is 46.5 Å². The number of carbonyl (C=O) groups is 1. The van der Waals surface area contributed by atoms with Crippen molar-refractivity contribution in [2.24, 2.45) is 0 Å². The van der Waals surface area contributed by atoms with E-state index in [4.69, 9.17) is 10.2 Å². The quantitative estimate of drug-likeness (QED) is 0.529. The number of carbonyl (C=O) groups excluding carboxylic acids is 1. The fourth-order valence-electron chi connectivity index (χ4n) is 3.66. The summed E-state index contributed by atoms with van der Waals surface area (Å²) in [6.45, 7) is 4.43. The highest BCUT2D eigenvalue weighted by Crippen LogP contribution is 2.27. The number of amides is 1. The van der Waals surface area contributed by atoms with Gasteiger partial charge in [-0.25, -0.2) is 15.0 Å². The monoisotopic (exact) mass is 448 g/mol. The molecule has 1 saturated heterocycles. The van der Waals surface area contributed by atoms with Crippen LogP contribution in [-0.4, -0.2) is 50.4 Å². The number of pyridine rings is 1. The molecule has 1 atom stereocenters. The van der Waals surface area contributed by atoms with Gasteiger partial charge >= 0.3 is 0 Å². The maximum Gasteiger partial charge on any atom is 0.271 e. The van der Waals surface area contributed by atoms with Crippen molar-refractivity contribution in [1.82, 2.24) is 30.2 Å². The largest absolute Gasteiger partial charge is 0.345 e. The number of rotatable bonds is 7. The second-order valence-corrected chi connectivity index (χ2v) is 8.51. The predicted octanol–water partition coefficient (Wildman–Crippen LogP) is 3.01. The summed E-state index contributed by atoms with van der Waals surface area (Å²) < 4.78 is 0. The molecule has 1 amide bonds. The van der Waals surface area contributed by atoms with Gasteiger partial charge in [0.1, 0.15) is 17.3 Å². The van der Waals surface area contributed by atoms with E-state index in [0.29, 0.717) is 29.7 Å². The Morgan fingerprint density at radius 2 is 2.25 bits per heavy atom. The average Bonchev–Trinajstić information content (AvgIpc) is 3.27. The van der Waals surface area contributed by atoms with Crippen LogP contribution in [0.4, 0.5) is 10.9 Å². The van der Waals surface area contributed by atoms with Crippen molar-refractivity contribution in [3.05, 3.63) is 58.7 Å². The third-order valence-electron chi connectivity index (χ3n) is 5.16. The van der Waals surface area contributed by atoms with Crippen molar-refractivity contribution >= 4 is 28.2 Å². The van der Waals surface area contributed by atoms with Crippen LogP contribution in [0.15, 0.2) is 35.8 Å². The second kappa shape index (κ2) is 10.3. The number of likely N-dealkylation sites (tertiary alicyclic amines) is 1. The van der Waals surface area contributed by atoms with Gasteiger partial charge in [-0.15, -0.1) is 11.3 Å². The molecule has 4 rings (SSSR count). The molecule has 0 aliphatic carbocycles. The number of aryl methyl sites for hydroxylation is 1. The first-order valence-electron chi connectivity index (χ1n) is 10.5. The maximum atomic E-state index is 12.4. The van der Waals surface area contributed by atoms with Crippen molar-refractivity contribution in [2.75, 3.05) is 25.0 Å². The molecule has 1 fully saturated rings. The van der Waals surface area contributed by atoms with Gasteiger partial charge in [-0.05, 0) is 38.4 Å². The van der Waals surface area contributed by atoms with Gasteiger partial charge < -0.3 is 10.6 Å². The summed E-state index contributed by atoms with van der Waals surface area (Å²) in [4.78, 5) is 32.5. The highest BCUT2D eigenvalue weighted by atomic mass is 32.1. The zero-order chi connectivity index (χ0) is 22.3. The molecule has 164 valence electrons. The molecule has 1 aliphatic heterocycles. The van der Waals surface area contributed by atoms with E-state index in [1.807, 2.05) is 31.2 Å². The molecule has 0 bridgehead atoms. The van der Waals surface area contributed by atoms with Crippen molar-refractivity contribution in [1.29, 1.82) is 5.26 Å². The Morgan fingerprint density at radius 1 is 1.34 bits per heavy atom. The molecular formula is C22H24N8OS. The summed E-state index contributed by atoms with van der Waals surface area (Å²) in [6.07, 6.45) is 3.72. The van der Waals surface area contributed by atoms with Gasteiger partial charge in [0, 0.05) is 35.8 Å². The van der Waals surface area contributed by atoms with E-state index in [9.17, 15) is 4.79 Å². The molecule has 1 aliphatic rings. The summed E-state index contributed by atoms with van der Waals surface area (Å²) >= 11 is 1.35. The molecule has 10 heteroatoms. The first kappa shape index (κ1) is 21.8. The number of thiazole rings is 1. The molecule has 0 radical (unpaired) electrons. The highest BCUT2D eigenvalue weighted by molar-refractivity contribution is 7.14. The van der Waals surface area contributed by atoms with E-state index < -0.39 is 0 Å². The zero-order valence-electron chi connectivity index (χ0n) is 17.8. The fourth-order valence-corrected chi connectivity index (χ4v) is 4.35.